The zero-order valence-corrected chi connectivity index (χ0v) is 12.2. The van der Waals surface area contributed by atoms with E-state index >= 15 is 0 Å². The molecule has 1 aromatic carbocycles. The summed E-state index contributed by atoms with van der Waals surface area (Å²) in [5, 5.41) is 13.2. The van der Waals surface area contributed by atoms with Crippen molar-refractivity contribution in [2.24, 2.45) is 0 Å². The molecule has 0 aliphatic rings. The van der Waals surface area contributed by atoms with E-state index in [1.807, 2.05) is 6.92 Å². The van der Waals surface area contributed by atoms with Crippen LogP contribution < -0.4 is 10.6 Å². The lowest BCUT2D eigenvalue weighted by atomic mass is 10.1. The Balaban J connectivity index is 2.95. The molecule has 0 heterocycles. The van der Waals surface area contributed by atoms with E-state index in [1.165, 1.54) is 30.3 Å². The van der Waals surface area contributed by atoms with Crippen LogP contribution in [0.4, 0.5) is 18.9 Å². The van der Waals surface area contributed by atoms with E-state index in [0.29, 0.717) is 18.5 Å². The smallest absolute Gasteiger partial charge is 0.351 e. The van der Waals surface area contributed by atoms with Crippen molar-refractivity contribution in [3.05, 3.63) is 35.4 Å². The van der Waals surface area contributed by atoms with Gasteiger partial charge in [0, 0.05) is 12.2 Å². The van der Waals surface area contributed by atoms with Gasteiger partial charge in [-0.3, -0.25) is 9.59 Å². The fraction of sp³-hybridized carbons (Fsp3) is 0.267. The Morgan fingerprint density at radius 2 is 2.04 bits per heavy atom. The van der Waals surface area contributed by atoms with Gasteiger partial charge in [-0.2, -0.15) is 18.4 Å². The number of rotatable bonds is 5. The summed E-state index contributed by atoms with van der Waals surface area (Å²) in [5.74, 6) is -2.67. The minimum absolute atomic E-state index is 0.0904. The van der Waals surface area contributed by atoms with E-state index < -0.39 is 18.0 Å². The first-order valence-corrected chi connectivity index (χ1v) is 6.66. The van der Waals surface area contributed by atoms with E-state index in [1.54, 1.807) is 11.4 Å². The normalized spacial score (nSPS) is 11.5. The lowest BCUT2D eigenvalue weighted by molar-refractivity contribution is -0.167. The molecule has 5 nitrogen and oxygen atoms in total. The predicted molar refractivity (Wildman–Crippen MR) is 78.0 cm³/mol. The van der Waals surface area contributed by atoms with Crippen molar-refractivity contribution in [2.45, 2.75) is 19.5 Å². The third-order valence-corrected chi connectivity index (χ3v) is 2.61. The van der Waals surface area contributed by atoms with E-state index in [0.717, 1.165) is 0 Å². The van der Waals surface area contributed by atoms with Gasteiger partial charge in [0.2, 0.25) is 0 Å². The van der Waals surface area contributed by atoms with Crippen molar-refractivity contribution < 1.29 is 22.8 Å². The van der Waals surface area contributed by atoms with Crippen LogP contribution in [0.25, 0.3) is 6.08 Å². The van der Waals surface area contributed by atoms with Gasteiger partial charge < -0.3 is 10.6 Å². The first-order valence-electron chi connectivity index (χ1n) is 6.66. The summed E-state index contributed by atoms with van der Waals surface area (Å²) in [4.78, 5) is 22.6. The molecule has 122 valence electrons. The Hall–Kier alpha value is -2.82. The average Bonchev–Trinajstić information content (AvgIpc) is 2.49. The Morgan fingerprint density at radius 3 is 2.61 bits per heavy atom. The minimum atomic E-state index is -5.00. The van der Waals surface area contributed by atoms with Crippen LogP contribution in [0.5, 0.6) is 0 Å². The van der Waals surface area contributed by atoms with E-state index in [4.69, 9.17) is 5.26 Å². The topological polar surface area (TPSA) is 82.0 Å². The molecule has 2 amide bonds. The molecule has 0 radical (unpaired) electrons. The summed E-state index contributed by atoms with van der Waals surface area (Å²) in [6, 6.07) is 7.12. The molecule has 23 heavy (non-hydrogen) atoms. The number of hydrogen-bond donors (Lipinski definition) is 2. The number of carbonyl (C=O) groups is 2. The van der Waals surface area contributed by atoms with Crippen molar-refractivity contribution in [2.75, 3.05) is 11.9 Å². The SMILES string of the molecule is CCCNC(=O)/C(C#N)=C/c1cccc(NC(=O)C(F)(F)F)c1. The molecule has 1 aromatic rings. The third kappa shape index (κ3) is 5.82. The molecule has 0 bridgehead atoms. The quantitative estimate of drug-likeness (QED) is 0.645. The van der Waals surface area contributed by atoms with Gasteiger partial charge in [-0.05, 0) is 30.2 Å². The van der Waals surface area contributed by atoms with Crippen LogP contribution in [0.1, 0.15) is 18.9 Å². The van der Waals surface area contributed by atoms with Crippen molar-refractivity contribution in [1.82, 2.24) is 5.32 Å². The van der Waals surface area contributed by atoms with Gasteiger partial charge >= 0.3 is 12.1 Å². The highest BCUT2D eigenvalue weighted by Gasteiger charge is 2.38. The first-order chi connectivity index (χ1) is 10.8. The van der Waals surface area contributed by atoms with E-state index in [9.17, 15) is 22.8 Å². The highest BCUT2D eigenvalue weighted by Crippen LogP contribution is 2.19. The van der Waals surface area contributed by atoms with Crippen molar-refractivity contribution in [1.29, 1.82) is 5.26 Å². The molecule has 0 aliphatic heterocycles. The number of hydrogen-bond acceptors (Lipinski definition) is 3. The van der Waals surface area contributed by atoms with Crippen molar-refractivity contribution in [3.8, 4) is 6.07 Å². The molecule has 0 aliphatic carbocycles. The van der Waals surface area contributed by atoms with E-state index in [-0.39, 0.29) is 11.3 Å². The van der Waals surface area contributed by atoms with Gasteiger partial charge in [0.05, 0.1) is 0 Å². The summed E-state index contributed by atoms with van der Waals surface area (Å²) in [6.45, 7) is 2.25. The van der Waals surface area contributed by atoms with Crippen LogP contribution in [0.2, 0.25) is 0 Å². The van der Waals surface area contributed by atoms with Gasteiger partial charge in [0.15, 0.2) is 0 Å². The number of benzene rings is 1. The molecule has 8 heteroatoms. The number of halogens is 3. The summed E-state index contributed by atoms with van der Waals surface area (Å²) in [6.07, 6.45) is -3.07. The Bertz CT molecular complexity index is 661. The van der Waals surface area contributed by atoms with Crippen molar-refractivity contribution >= 4 is 23.6 Å². The Kier molecular flexibility index (Phi) is 6.33. The summed E-state index contributed by atoms with van der Waals surface area (Å²) < 4.78 is 36.6. The van der Waals surface area contributed by atoms with Crippen molar-refractivity contribution in [3.63, 3.8) is 0 Å². The third-order valence-electron chi connectivity index (χ3n) is 2.61. The molecule has 0 unspecified atom stereocenters. The van der Waals surface area contributed by atoms with Gasteiger partial charge in [0.25, 0.3) is 5.91 Å². The largest absolute Gasteiger partial charge is 0.471 e. The molecule has 2 N–H and O–H groups in total. The second kappa shape index (κ2) is 7.98. The highest BCUT2D eigenvalue weighted by atomic mass is 19.4. The number of nitrogens with one attached hydrogen (secondary N) is 2. The molecule has 0 atom stereocenters. The van der Waals surface area contributed by atoms with Crippen LogP contribution in [-0.2, 0) is 9.59 Å². The fourth-order valence-corrected chi connectivity index (χ4v) is 1.56. The van der Waals surface area contributed by atoms with Crippen LogP contribution in [0.3, 0.4) is 0 Å². The first kappa shape index (κ1) is 18.2. The molecule has 0 spiro atoms. The maximum absolute atomic E-state index is 12.2. The monoisotopic (exact) mass is 325 g/mol. The lowest BCUT2D eigenvalue weighted by Gasteiger charge is -2.08. The number of nitriles is 1. The average molecular weight is 325 g/mol. The van der Waals surface area contributed by atoms with Gasteiger partial charge in [-0.15, -0.1) is 0 Å². The molecule has 0 saturated carbocycles. The van der Waals surface area contributed by atoms with Gasteiger partial charge in [-0.1, -0.05) is 19.1 Å². The zero-order chi connectivity index (χ0) is 17.5. The Morgan fingerprint density at radius 1 is 1.35 bits per heavy atom. The zero-order valence-electron chi connectivity index (χ0n) is 12.2. The molecule has 0 aromatic heterocycles. The maximum Gasteiger partial charge on any atom is 0.471 e. The number of anilines is 1. The molecule has 1 rings (SSSR count). The fourth-order valence-electron chi connectivity index (χ4n) is 1.56. The number of amides is 2. The number of alkyl halides is 3. The molecule has 0 saturated heterocycles. The molecular weight excluding hydrogens is 311 g/mol. The van der Waals surface area contributed by atoms with Crippen LogP contribution in [0.15, 0.2) is 29.8 Å². The second-order valence-corrected chi connectivity index (χ2v) is 4.50. The summed E-state index contributed by atoms with van der Waals surface area (Å²) in [7, 11) is 0. The Labute approximate surface area is 130 Å². The minimum Gasteiger partial charge on any atom is -0.351 e. The van der Waals surface area contributed by atoms with Crippen LogP contribution in [-0.4, -0.2) is 24.5 Å². The summed E-state index contributed by atoms with van der Waals surface area (Å²) >= 11 is 0. The van der Waals surface area contributed by atoms with Gasteiger partial charge in [-0.25, -0.2) is 0 Å². The maximum atomic E-state index is 12.2. The lowest BCUT2D eigenvalue weighted by Crippen LogP contribution is -2.29. The van der Waals surface area contributed by atoms with Gasteiger partial charge in [0.1, 0.15) is 11.6 Å². The number of nitrogens with zero attached hydrogens (tertiary/aromatic N) is 1. The second-order valence-electron chi connectivity index (χ2n) is 4.50. The molecular formula is C15H14F3N3O2. The van der Waals surface area contributed by atoms with Crippen LogP contribution in [0, 0.1) is 11.3 Å². The summed E-state index contributed by atoms with van der Waals surface area (Å²) in [5.41, 5.74) is 0.0400. The standard InChI is InChI=1S/C15H14F3N3O2/c1-2-6-20-13(22)11(9-19)7-10-4-3-5-12(8-10)21-14(23)15(16,17)18/h3-5,7-8H,2,6H2,1H3,(H,20,22)(H,21,23)/b11-7+. The highest BCUT2D eigenvalue weighted by molar-refractivity contribution is 6.02. The molecule has 0 fully saturated rings. The van der Waals surface area contributed by atoms with E-state index in [2.05, 4.69) is 5.32 Å². The predicted octanol–water partition coefficient (Wildman–Crippen LogP) is 2.62. The van der Waals surface area contributed by atoms with Crippen LogP contribution >= 0.6 is 0 Å². The number of carbonyl (C=O) groups excluding carboxylic acids is 2.